The molecule has 0 spiro atoms. The molecule has 90 valence electrons. The fourth-order valence-electron chi connectivity index (χ4n) is 1.58. The molecule has 1 aromatic rings. The zero-order valence-electron chi connectivity index (χ0n) is 10.0. The van der Waals surface area contributed by atoms with E-state index in [1.165, 1.54) is 7.11 Å². The van der Waals surface area contributed by atoms with Crippen molar-refractivity contribution < 1.29 is 9.13 Å². The molecule has 0 saturated carbocycles. The van der Waals surface area contributed by atoms with E-state index in [-0.39, 0.29) is 11.2 Å². The van der Waals surface area contributed by atoms with Gasteiger partial charge in [-0.05, 0) is 36.0 Å². The molecule has 1 aromatic carbocycles. The van der Waals surface area contributed by atoms with E-state index >= 15 is 0 Å². The third kappa shape index (κ3) is 3.21. The van der Waals surface area contributed by atoms with Crippen molar-refractivity contribution in [1.29, 1.82) is 0 Å². The van der Waals surface area contributed by atoms with Crippen molar-refractivity contribution in [2.45, 2.75) is 26.7 Å². The van der Waals surface area contributed by atoms with Gasteiger partial charge in [0.1, 0.15) is 0 Å². The van der Waals surface area contributed by atoms with Gasteiger partial charge in [-0.15, -0.1) is 0 Å². The molecule has 0 radical (unpaired) electrons. The second kappa shape index (κ2) is 5.67. The first kappa shape index (κ1) is 13.5. The summed E-state index contributed by atoms with van der Waals surface area (Å²) >= 11 is 3.52. The molecule has 16 heavy (non-hydrogen) atoms. The average Bonchev–Trinajstić information content (AvgIpc) is 2.29. The van der Waals surface area contributed by atoms with Crippen molar-refractivity contribution in [1.82, 2.24) is 0 Å². The monoisotopic (exact) mass is 288 g/mol. The van der Waals surface area contributed by atoms with Gasteiger partial charge in [0.2, 0.25) is 0 Å². The van der Waals surface area contributed by atoms with E-state index in [0.717, 1.165) is 23.7 Å². The van der Waals surface area contributed by atoms with Crippen LogP contribution in [0.5, 0.6) is 5.75 Å². The third-order valence-electron chi connectivity index (χ3n) is 3.02. The zero-order valence-corrected chi connectivity index (χ0v) is 11.6. The number of rotatable bonds is 5. The molecular weight excluding hydrogens is 271 g/mol. The van der Waals surface area contributed by atoms with Crippen LogP contribution < -0.4 is 4.74 Å². The van der Waals surface area contributed by atoms with E-state index in [1.807, 2.05) is 6.07 Å². The van der Waals surface area contributed by atoms with Crippen molar-refractivity contribution in [2.75, 3.05) is 12.4 Å². The Morgan fingerprint density at radius 2 is 2.12 bits per heavy atom. The molecule has 1 rings (SSSR count). The normalized spacial score (nSPS) is 14.6. The molecule has 0 aliphatic rings. The Bertz CT molecular complexity index is 348. The minimum Gasteiger partial charge on any atom is -0.494 e. The summed E-state index contributed by atoms with van der Waals surface area (Å²) in [6.45, 7) is 4.35. The van der Waals surface area contributed by atoms with Gasteiger partial charge in [0.05, 0.1) is 7.11 Å². The molecule has 0 N–H and O–H groups in total. The lowest BCUT2D eigenvalue weighted by Crippen LogP contribution is -2.20. The number of hydrogen-bond donors (Lipinski definition) is 0. The molecule has 3 heteroatoms. The van der Waals surface area contributed by atoms with Gasteiger partial charge in [-0.2, -0.15) is 0 Å². The van der Waals surface area contributed by atoms with Gasteiger partial charge in [0, 0.05) is 5.33 Å². The highest BCUT2D eigenvalue weighted by molar-refractivity contribution is 9.09. The van der Waals surface area contributed by atoms with Gasteiger partial charge >= 0.3 is 0 Å². The third-order valence-corrected chi connectivity index (χ3v) is 4.38. The smallest absolute Gasteiger partial charge is 0.165 e. The average molecular weight is 289 g/mol. The van der Waals surface area contributed by atoms with E-state index in [9.17, 15) is 4.39 Å². The van der Waals surface area contributed by atoms with Crippen LogP contribution in [0.25, 0.3) is 0 Å². The molecule has 1 unspecified atom stereocenters. The lowest BCUT2D eigenvalue weighted by atomic mass is 9.83. The van der Waals surface area contributed by atoms with Crippen LogP contribution in [-0.2, 0) is 6.42 Å². The molecule has 0 fully saturated rings. The number of halogens is 2. The highest BCUT2D eigenvalue weighted by Crippen LogP contribution is 2.30. The van der Waals surface area contributed by atoms with Gasteiger partial charge in [-0.3, -0.25) is 0 Å². The van der Waals surface area contributed by atoms with E-state index < -0.39 is 0 Å². The quantitative estimate of drug-likeness (QED) is 0.739. The first-order chi connectivity index (χ1) is 7.54. The lowest BCUT2D eigenvalue weighted by Gasteiger charge is -2.25. The second-order valence-corrected chi connectivity index (χ2v) is 5.00. The fourth-order valence-corrected chi connectivity index (χ4v) is 2.17. The maximum atomic E-state index is 13.5. The predicted molar refractivity (Wildman–Crippen MR) is 68.8 cm³/mol. The molecule has 1 nitrogen and oxygen atoms in total. The van der Waals surface area contributed by atoms with E-state index in [4.69, 9.17) is 4.74 Å². The summed E-state index contributed by atoms with van der Waals surface area (Å²) < 4.78 is 18.4. The Hall–Kier alpha value is -0.570. The highest BCUT2D eigenvalue weighted by Gasteiger charge is 2.21. The number of methoxy groups -OCH3 is 1. The highest BCUT2D eigenvalue weighted by atomic mass is 79.9. The van der Waals surface area contributed by atoms with Gasteiger partial charge in [-0.25, -0.2) is 4.39 Å². The van der Waals surface area contributed by atoms with E-state index in [1.54, 1.807) is 12.1 Å². The first-order valence-corrected chi connectivity index (χ1v) is 6.55. The van der Waals surface area contributed by atoms with Crippen molar-refractivity contribution in [3.63, 3.8) is 0 Å². The molecule has 0 saturated heterocycles. The van der Waals surface area contributed by atoms with Gasteiger partial charge in [0.15, 0.2) is 11.6 Å². The van der Waals surface area contributed by atoms with Crippen LogP contribution in [-0.4, -0.2) is 12.4 Å². The molecule has 0 amide bonds. The topological polar surface area (TPSA) is 9.23 Å². The van der Waals surface area contributed by atoms with Crippen molar-refractivity contribution in [3.05, 3.63) is 29.6 Å². The largest absolute Gasteiger partial charge is 0.494 e. The molecule has 1 atom stereocenters. The SMILES string of the molecule is CCC(C)(CBr)Cc1ccc(OC)c(F)c1. The van der Waals surface area contributed by atoms with Crippen LogP contribution in [0, 0.1) is 11.2 Å². The van der Waals surface area contributed by atoms with Crippen LogP contribution in [0.3, 0.4) is 0 Å². The number of alkyl halides is 1. The maximum Gasteiger partial charge on any atom is 0.165 e. The number of hydrogen-bond acceptors (Lipinski definition) is 1. The number of ether oxygens (including phenoxy) is 1. The minimum atomic E-state index is -0.284. The summed E-state index contributed by atoms with van der Waals surface area (Å²) in [4.78, 5) is 0. The fraction of sp³-hybridized carbons (Fsp3) is 0.538. The van der Waals surface area contributed by atoms with Crippen molar-refractivity contribution in [2.24, 2.45) is 5.41 Å². The molecule has 0 aliphatic carbocycles. The standard InChI is InChI=1S/C13H18BrFO/c1-4-13(2,9-14)8-10-5-6-12(16-3)11(15)7-10/h5-7H,4,8-9H2,1-3H3. The van der Waals surface area contributed by atoms with Gasteiger partial charge in [-0.1, -0.05) is 35.8 Å². The van der Waals surface area contributed by atoms with Crippen molar-refractivity contribution in [3.8, 4) is 5.75 Å². The van der Waals surface area contributed by atoms with Crippen LogP contribution >= 0.6 is 15.9 Å². The lowest BCUT2D eigenvalue weighted by molar-refractivity contribution is 0.358. The molecular formula is C13H18BrFO. The van der Waals surface area contributed by atoms with Gasteiger partial charge < -0.3 is 4.74 Å². The first-order valence-electron chi connectivity index (χ1n) is 5.43. The predicted octanol–water partition coefficient (Wildman–Crippen LogP) is 4.19. The van der Waals surface area contributed by atoms with Gasteiger partial charge in [0.25, 0.3) is 0 Å². The maximum absolute atomic E-state index is 13.5. The van der Waals surface area contributed by atoms with E-state index in [2.05, 4.69) is 29.8 Å². The Morgan fingerprint density at radius 3 is 2.56 bits per heavy atom. The summed E-state index contributed by atoms with van der Waals surface area (Å²) in [5, 5.41) is 0.921. The van der Waals surface area contributed by atoms with E-state index in [0.29, 0.717) is 5.75 Å². The molecule has 0 aromatic heterocycles. The van der Waals surface area contributed by atoms with Crippen LogP contribution in [0.4, 0.5) is 4.39 Å². The minimum absolute atomic E-state index is 0.182. The Morgan fingerprint density at radius 1 is 1.44 bits per heavy atom. The summed E-state index contributed by atoms with van der Waals surface area (Å²) in [6, 6.07) is 5.18. The summed E-state index contributed by atoms with van der Waals surface area (Å²) in [7, 11) is 1.48. The Kier molecular flexibility index (Phi) is 4.78. The zero-order chi connectivity index (χ0) is 12.2. The summed E-state index contributed by atoms with van der Waals surface area (Å²) in [5.41, 5.74) is 1.20. The molecule has 0 aliphatic heterocycles. The molecule has 0 bridgehead atoms. The summed E-state index contributed by atoms with van der Waals surface area (Å²) in [5.74, 6) is 0.0221. The Labute approximate surface area is 105 Å². The Balaban J connectivity index is 2.86. The van der Waals surface area contributed by atoms with Crippen molar-refractivity contribution >= 4 is 15.9 Å². The van der Waals surface area contributed by atoms with Crippen LogP contribution in [0.2, 0.25) is 0 Å². The molecule has 0 heterocycles. The summed E-state index contributed by atoms with van der Waals surface area (Å²) in [6.07, 6.45) is 1.93. The van der Waals surface area contributed by atoms with Crippen LogP contribution in [0.15, 0.2) is 18.2 Å². The van der Waals surface area contributed by atoms with Crippen LogP contribution in [0.1, 0.15) is 25.8 Å². The second-order valence-electron chi connectivity index (χ2n) is 4.44. The number of benzene rings is 1.